The molecule has 0 aromatic heterocycles. The molecule has 6 heteroatoms. The molecule has 0 saturated carbocycles. The van der Waals surface area contributed by atoms with Crippen LogP contribution < -0.4 is 0 Å². The van der Waals surface area contributed by atoms with Crippen molar-refractivity contribution in [2.24, 2.45) is 0 Å². The molecule has 0 fully saturated rings. The zero-order valence-electron chi connectivity index (χ0n) is 7.69. The zero-order chi connectivity index (χ0) is 11.6. The van der Waals surface area contributed by atoms with E-state index in [0.29, 0.717) is 6.29 Å². The fraction of sp³-hybridized carbons (Fsp3) is 0.111. The first-order valence-corrected chi connectivity index (χ1v) is 6.15. The number of nitriles is 1. The minimum absolute atomic E-state index is 0.0851. The molecular weight excluding hydrogens is 238 g/mol. The molecule has 0 N–H and O–H groups in total. The Labute approximate surface area is 91.5 Å². The maximum absolute atomic E-state index is 11.1. The van der Waals surface area contributed by atoms with E-state index >= 15 is 0 Å². The van der Waals surface area contributed by atoms with E-state index in [-0.39, 0.29) is 21.6 Å². The predicted octanol–water partition coefficient (Wildman–Crippen LogP) is 1.61. The third-order valence-corrected chi connectivity index (χ3v) is 3.37. The number of aldehydes is 1. The van der Waals surface area contributed by atoms with Gasteiger partial charge in [0.2, 0.25) is 0 Å². The number of carbonyl (C=O) groups is 1. The lowest BCUT2D eigenvalue weighted by Crippen LogP contribution is -1.99. The van der Waals surface area contributed by atoms with Crippen LogP contribution in [-0.2, 0) is 9.05 Å². The number of rotatable bonds is 2. The molecule has 15 heavy (non-hydrogen) atoms. The van der Waals surface area contributed by atoms with Crippen molar-refractivity contribution in [3.63, 3.8) is 0 Å². The molecule has 78 valence electrons. The Bertz CT molecular complexity index is 557. The van der Waals surface area contributed by atoms with Crippen LogP contribution in [0, 0.1) is 18.3 Å². The van der Waals surface area contributed by atoms with E-state index in [1.54, 1.807) is 6.07 Å². The monoisotopic (exact) mass is 243 g/mol. The number of hydrogen-bond donors (Lipinski definition) is 0. The topological polar surface area (TPSA) is 75.0 Å². The smallest absolute Gasteiger partial charge is 0.261 e. The Morgan fingerprint density at radius 2 is 2.07 bits per heavy atom. The molecule has 0 aliphatic carbocycles. The minimum Gasteiger partial charge on any atom is -0.298 e. The van der Waals surface area contributed by atoms with Crippen LogP contribution in [0.5, 0.6) is 0 Å². The van der Waals surface area contributed by atoms with Crippen LogP contribution in [0.2, 0.25) is 0 Å². The van der Waals surface area contributed by atoms with Crippen molar-refractivity contribution in [2.45, 2.75) is 11.8 Å². The van der Waals surface area contributed by atoms with Crippen LogP contribution >= 0.6 is 10.7 Å². The van der Waals surface area contributed by atoms with Crippen LogP contribution in [-0.4, -0.2) is 14.7 Å². The van der Waals surface area contributed by atoms with Crippen molar-refractivity contribution < 1.29 is 13.2 Å². The molecular formula is C9H6ClNO3S. The maximum Gasteiger partial charge on any atom is 0.261 e. The Kier molecular flexibility index (Phi) is 3.12. The summed E-state index contributed by atoms with van der Waals surface area (Å²) in [5, 5.41) is 8.63. The van der Waals surface area contributed by atoms with Crippen molar-refractivity contribution in [2.75, 3.05) is 0 Å². The van der Waals surface area contributed by atoms with Gasteiger partial charge in [-0.3, -0.25) is 4.79 Å². The summed E-state index contributed by atoms with van der Waals surface area (Å²) < 4.78 is 22.3. The standard InChI is InChI=1S/C9H6ClNO3S/c1-6-8(5-12)2-7(4-11)3-9(6)15(10,13)14/h2-3,5H,1H3. The highest BCUT2D eigenvalue weighted by Crippen LogP contribution is 2.23. The van der Waals surface area contributed by atoms with Gasteiger partial charge < -0.3 is 0 Å². The molecule has 1 aromatic carbocycles. The number of benzene rings is 1. The summed E-state index contributed by atoms with van der Waals surface area (Å²) in [5.74, 6) is 0. The Balaban J connectivity index is 3.68. The third kappa shape index (κ3) is 2.35. The summed E-state index contributed by atoms with van der Waals surface area (Å²) in [6.07, 6.45) is 0.488. The molecule has 0 aliphatic heterocycles. The lowest BCUT2D eigenvalue weighted by Gasteiger charge is -2.04. The summed E-state index contributed by atoms with van der Waals surface area (Å²) in [7, 11) is 1.23. The highest BCUT2D eigenvalue weighted by molar-refractivity contribution is 8.13. The second-order valence-corrected chi connectivity index (χ2v) is 5.39. The first-order chi connectivity index (χ1) is 6.90. The fourth-order valence-corrected chi connectivity index (χ4v) is 2.38. The average molecular weight is 244 g/mol. The van der Waals surface area contributed by atoms with Gasteiger partial charge in [0, 0.05) is 16.2 Å². The van der Waals surface area contributed by atoms with Crippen LogP contribution in [0.4, 0.5) is 0 Å². The first kappa shape index (κ1) is 11.7. The van der Waals surface area contributed by atoms with Gasteiger partial charge >= 0.3 is 0 Å². The second-order valence-electron chi connectivity index (χ2n) is 2.86. The van der Waals surface area contributed by atoms with Gasteiger partial charge in [0.1, 0.15) is 6.29 Å². The summed E-state index contributed by atoms with van der Waals surface area (Å²) >= 11 is 0. The lowest BCUT2D eigenvalue weighted by molar-refractivity contribution is 0.112. The number of carbonyl (C=O) groups excluding carboxylic acids is 1. The number of hydrogen-bond acceptors (Lipinski definition) is 4. The second kappa shape index (κ2) is 4.01. The fourth-order valence-electron chi connectivity index (χ4n) is 1.15. The van der Waals surface area contributed by atoms with Gasteiger partial charge in [-0.05, 0) is 24.6 Å². The first-order valence-electron chi connectivity index (χ1n) is 3.84. The van der Waals surface area contributed by atoms with E-state index in [4.69, 9.17) is 15.9 Å². The van der Waals surface area contributed by atoms with E-state index in [0.717, 1.165) is 6.07 Å². The van der Waals surface area contributed by atoms with E-state index in [1.165, 1.54) is 13.0 Å². The molecule has 0 amide bonds. The molecule has 0 unspecified atom stereocenters. The molecule has 4 nitrogen and oxygen atoms in total. The molecule has 1 aromatic rings. The quantitative estimate of drug-likeness (QED) is 0.584. The minimum atomic E-state index is -3.94. The van der Waals surface area contributed by atoms with E-state index in [9.17, 15) is 13.2 Å². The van der Waals surface area contributed by atoms with E-state index in [2.05, 4.69) is 0 Å². The molecule has 0 saturated heterocycles. The van der Waals surface area contributed by atoms with E-state index in [1.807, 2.05) is 0 Å². The molecule has 0 atom stereocenters. The lowest BCUT2D eigenvalue weighted by atomic mass is 10.1. The molecule has 0 radical (unpaired) electrons. The highest BCUT2D eigenvalue weighted by atomic mass is 35.7. The molecule has 0 spiro atoms. The van der Waals surface area contributed by atoms with Crippen molar-refractivity contribution >= 4 is 26.0 Å². The number of nitrogens with zero attached hydrogens (tertiary/aromatic N) is 1. The largest absolute Gasteiger partial charge is 0.298 e. The normalized spacial score (nSPS) is 10.7. The molecule has 1 rings (SSSR count). The SMILES string of the molecule is Cc1c(C=O)cc(C#N)cc1S(=O)(=O)Cl. The van der Waals surface area contributed by atoms with Gasteiger partial charge in [0.15, 0.2) is 0 Å². The van der Waals surface area contributed by atoms with Gasteiger partial charge in [-0.2, -0.15) is 5.26 Å². The van der Waals surface area contributed by atoms with Crippen molar-refractivity contribution in [1.29, 1.82) is 5.26 Å². The Morgan fingerprint density at radius 1 is 1.47 bits per heavy atom. The maximum atomic E-state index is 11.1. The van der Waals surface area contributed by atoms with Crippen molar-refractivity contribution in [1.82, 2.24) is 0 Å². The Hall–Kier alpha value is -1.38. The van der Waals surface area contributed by atoms with Crippen LogP contribution in [0.3, 0.4) is 0 Å². The summed E-state index contributed by atoms with van der Waals surface area (Å²) in [4.78, 5) is 10.4. The molecule has 0 heterocycles. The van der Waals surface area contributed by atoms with Gasteiger partial charge in [-0.25, -0.2) is 8.42 Å². The van der Waals surface area contributed by atoms with Gasteiger partial charge in [0.05, 0.1) is 16.5 Å². The summed E-state index contributed by atoms with van der Waals surface area (Å²) in [5.41, 5.74) is 0.481. The number of halogens is 1. The average Bonchev–Trinajstić information content (AvgIpc) is 2.16. The zero-order valence-corrected chi connectivity index (χ0v) is 9.26. The van der Waals surface area contributed by atoms with Gasteiger partial charge in [-0.15, -0.1) is 0 Å². The molecule has 0 bridgehead atoms. The van der Waals surface area contributed by atoms with Crippen LogP contribution in [0.1, 0.15) is 21.5 Å². The highest BCUT2D eigenvalue weighted by Gasteiger charge is 2.17. The summed E-state index contributed by atoms with van der Waals surface area (Å²) in [6, 6.07) is 4.22. The predicted molar refractivity (Wildman–Crippen MR) is 54.3 cm³/mol. The van der Waals surface area contributed by atoms with Crippen LogP contribution in [0.25, 0.3) is 0 Å². The van der Waals surface area contributed by atoms with E-state index < -0.39 is 9.05 Å². The Morgan fingerprint density at radius 3 is 2.47 bits per heavy atom. The van der Waals surface area contributed by atoms with Crippen molar-refractivity contribution in [3.8, 4) is 6.07 Å². The van der Waals surface area contributed by atoms with Gasteiger partial charge in [0.25, 0.3) is 9.05 Å². The van der Waals surface area contributed by atoms with Crippen molar-refractivity contribution in [3.05, 3.63) is 28.8 Å². The van der Waals surface area contributed by atoms with Crippen LogP contribution in [0.15, 0.2) is 17.0 Å². The van der Waals surface area contributed by atoms with Gasteiger partial charge in [-0.1, -0.05) is 0 Å². The third-order valence-electron chi connectivity index (χ3n) is 1.92. The summed E-state index contributed by atoms with van der Waals surface area (Å²) in [6.45, 7) is 1.46. The molecule has 0 aliphatic rings.